The standard InChI is InChI=1S/C25H35Cl2N3O4/c1-2-34-25(32)22-14-18(9-11-30-22)8-7-13-33-12-6-4-3-5-10-29-17-23(31)19-15-20(26)24(28)21(27)16-19/h9,11,14-16,23,29,31H,2-8,10,12-13,17,28H2,1H3. The second-order valence-corrected chi connectivity index (χ2v) is 8.83. The van der Waals surface area contributed by atoms with Crippen molar-refractivity contribution in [3.63, 3.8) is 0 Å². The smallest absolute Gasteiger partial charge is 0.356 e. The zero-order valence-electron chi connectivity index (χ0n) is 19.7. The maximum atomic E-state index is 11.7. The van der Waals surface area contributed by atoms with Gasteiger partial charge in [0.15, 0.2) is 0 Å². The van der Waals surface area contributed by atoms with Gasteiger partial charge in [0, 0.05) is 26.0 Å². The SMILES string of the molecule is CCOC(=O)c1cc(CCCOCCCCCCNCC(O)c2cc(Cl)c(N)c(Cl)c2)ccn1. The molecule has 34 heavy (non-hydrogen) atoms. The second kappa shape index (κ2) is 15.9. The lowest BCUT2D eigenvalue weighted by Gasteiger charge is -2.14. The number of esters is 1. The summed E-state index contributed by atoms with van der Waals surface area (Å²) in [5.41, 5.74) is 8.11. The van der Waals surface area contributed by atoms with Gasteiger partial charge in [0.05, 0.1) is 28.4 Å². The van der Waals surface area contributed by atoms with Crippen molar-refractivity contribution in [3.8, 4) is 0 Å². The average Bonchev–Trinajstić information content (AvgIpc) is 2.83. The van der Waals surface area contributed by atoms with Crippen LogP contribution < -0.4 is 11.1 Å². The highest BCUT2D eigenvalue weighted by atomic mass is 35.5. The van der Waals surface area contributed by atoms with Crippen LogP contribution in [0.3, 0.4) is 0 Å². The third kappa shape index (κ3) is 10.2. The minimum Gasteiger partial charge on any atom is -0.461 e. The average molecular weight is 512 g/mol. The Morgan fingerprint density at radius 2 is 1.82 bits per heavy atom. The minimum absolute atomic E-state index is 0.328. The predicted octanol–water partition coefficient (Wildman–Crippen LogP) is 4.98. The number of benzene rings is 1. The second-order valence-electron chi connectivity index (χ2n) is 8.02. The van der Waals surface area contributed by atoms with Crippen LogP contribution in [0.15, 0.2) is 30.5 Å². The van der Waals surface area contributed by atoms with Crippen LogP contribution in [0.1, 0.15) is 66.7 Å². The summed E-state index contributed by atoms with van der Waals surface area (Å²) in [6.07, 6.45) is 6.92. The number of carbonyl (C=O) groups is 1. The Labute approximate surface area is 211 Å². The van der Waals surface area contributed by atoms with Gasteiger partial charge in [-0.1, -0.05) is 36.0 Å². The summed E-state index contributed by atoms with van der Waals surface area (Å²) in [4.78, 5) is 15.8. The molecule has 9 heteroatoms. The Morgan fingerprint density at radius 1 is 1.12 bits per heavy atom. The third-order valence-corrected chi connectivity index (χ3v) is 5.90. The first-order valence-corrected chi connectivity index (χ1v) is 12.5. The molecule has 1 aromatic carbocycles. The lowest BCUT2D eigenvalue weighted by Crippen LogP contribution is -2.22. The van der Waals surface area contributed by atoms with E-state index in [-0.39, 0.29) is 5.97 Å². The summed E-state index contributed by atoms with van der Waals surface area (Å²) in [5, 5.41) is 14.2. The number of ether oxygens (including phenoxy) is 2. The highest BCUT2D eigenvalue weighted by Gasteiger charge is 2.12. The molecule has 0 spiro atoms. The molecule has 0 amide bonds. The quantitative estimate of drug-likeness (QED) is 0.165. The first kappa shape index (κ1) is 28.3. The molecule has 1 heterocycles. The van der Waals surface area contributed by atoms with Crippen molar-refractivity contribution in [2.24, 2.45) is 0 Å². The van der Waals surface area contributed by atoms with Gasteiger partial charge in [-0.2, -0.15) is 0 Å². The molecule has 0 saturated heterocycles. The van der Waals surface area contributed by atoms with Crippen molar-refractivity contribution >= 4 is 34.9 Å². The topological polar surface area (TPSA) is 107 Å². The minimum atomic E-state index is -0.687. The van der Waals surface area contributed by atoms with Gasteiger partial charge in [-0.3, -0.25) is 0 Å². The Hall–Kier alpha value is -1.90. The molecule has 2 aromatic rings. The van der Waals surface area contributed by atoms with E-state index in [0.717, 1.165) is 57.2 Å². The van der Waals surface area contributed by atoms with Crippen molar-refractivity contribution in [1.82, 2.24) is 10.3 Å². The van der Waals surface area contributed by atoms with Crippen molar-refractivity contribution in [2.45, 2.75) is 51.6 Å². The Kier molecular flexibility index (Phi) is 13.3. The lowest BCUT2D eigenvalue weighted by molar-refractivity contribution is 0.0519. The lowest BCUT2D eigenvalue weighted by atomic mass is 10.1. The number of nitrogen functional groups attached to an aromatic ring is 1. The van der Waals surface area contributed by atoms with Crippen LogP contribution in [0.4, 0.5) is 5.69 Å². The molecule has 2 rings (SSSR count). The molecule has 7 nitrogen and oxygen atoms in total. The number of aliphatic hydroxyl groups is 1. The number of hydrogen-bond acceptors (Lipinski definition) is 7. The number of nitrogens with one attached hydrogen (secondary N) is 1. The van der Waals surface area contributed by atoms with E-state index in [1.54, 1.807) is 31.3 Å². The summed E-state index contributed by atoms with van der Waals surface area (Å²) >= 11 is 12.0. The third-order valence-electron chi connectivity index (χ3n) is 5.28. The molecule has 0 fully saturated rings. The molecule has 4 N–H and O–H groups in total. The number of anilines is 1. The molecule has 0 bridgehead atoms. The molecule has 0 aliphatic heterocycles. The number of aliphatic hydroxyl groups excluding tert-OH is 1. The van der Waals surface area contributed by atoms with Gasteiger partial charge in [0.1, 0.15) is 5.69 Å². The molecule has 1 unspecified atom stereocenters. The van der Waals surface area contributed by atoms with Gasteiger partial charge in [-0.15, -0.1) is 0 Å². The van der Waals surface area contributed by atoms with E-state index < -0.39 is 6.10 Å². The zero-order chi connectivity index (χ0) is 24.8. The molecule has 0 aliphatic carbocycles. The van der Waals surface area contributed by atoms with E-state index >= 15 is 0 Å². The molecule has 1 aromatic heterocycles. The first-order chi connectivity index (χ1) is 16.4. The highest BCUT2D eigenvalue weighted by molar-refractivity contribution is 6.38. The molecular weight excluding hydrogens is 477 g/mol. The molecular formula is C25H35Cl2N3O4. The van der Waals surface area contributed by atoms with Crippen LogP contribution in [0.5, 0.6) is 0 Å². The van der Waals surface area contributed by atoms with Crippen LogP contribution in [0.2, 0.25) is 10.0 Å². The number of unbranched alkanes of at least 4 members (excludes halogenated alkanes) is 3. The number of hydrogen-bond donors (Lipinski definition) is 3. The van der Waals surface area contributed by atoms with Crippen LogP contribution in [0.25, 0.3) is 0 Å². The van der Waals surface area contributed by atoms with Crippen LogP contribution in [0, 0.1) is 0 Å². The monoisotopic (exact) mass is 511 g/mol. The number of nitrogens with zero attached hydrogens (tertiary/aromatic N) is 1. The number of nitrogens with two attached hydrogens (primary N) is 1. The normalized spacial score (nSPS) is 12.0. The Balaban J connectivity index is 1.46. The van der Waals surface area contributed by atoms with Crippen molar-refractivity contribution < 1.29 is 19.4 Å². The van der Waals surface area contributed by atoms with Crippen molar-refractivity contribution in [3.05, 3.63) is 57.3 Å². The van der Waals surface area contributed by atoms with Gasteiger partial charge in [-0.05, 0) is 74.5 Å². The molecule has 0 saturated carbocycles. The van der Waals surface area contributed by atoms with Crippen LogP contribution in [-0.4, -0.2) is 49.0 Å². The van der Waals surface area contributed by atoms with Crippen molar-refractivity contribution in [2.75, 3.05) is 38.6 Å². The van der Waals surface area contributed by atoms with E-state index in [4.69, 9.17) is 38.4 Å². The van der Waals surface area contributed by atoms with E-state index in [1.807, 2.05) is 6.07 Å². The molecule has 1 atom stereocenters. The Morgan fingerprint density at radius 3 is 2.56 bits per heavy atom. The van der Waals surface area contributed by atoms with E-state index in [0.29, 0.717) is 46.7 Å². The Bertz CT molecular complexity index is 875. The molecule has 0 aliphatic rings. The number of rotatable bonds is 16. The fourth-order valence-electron chi connectivity index (χ4n) is 3.39. The van der Waals surface area contributed by atoms with Gasteiger partial charge >= 0.3 is 5.97 Å². The summed E-state index contributed by atoms with van der Waals surface area (Å²) in [6, 6.07) is 6.99. The van der Waals surface area contributed by atoms with Gasteiger partial charge in [0.25, 0.3) is 0 Å². The molecule has 188 valence electrons. The highest BCUT2D eigenvalue weighted by Crippen LogP contribution is 2.31. The van der Waals surface area contributed by atoms with Crippen molar-refractivity contribution in [1.29, 1.82) is 0 Å². The first-order valence-electron chi connectivity index (χ1n) is 11.7. The number of carbonyl (C=O) groups excluding carboxylic acids is 1. The molecule has 0 radical (unpaired) electrons. The van der Waals surface area contributed by atoms with Crippen LogP contribution >= 0.6 is 23.2 Å². The predicted molar refractivity (Wildman–Crippen MR) is 137 cm³/mol. The maximum Gasteiger partial charge on any atom is 0.356 e. The maximum absolute atomic E-state index is 11.7. The summed E-state index contributed by atoms with van der Waals surface area (Å²) in [7, 11) is 0. The number of aryl methyl sites for hydroxylation is 1. The van der Waals surface area contributed by atoms with Gasteiger partial charge < -0.3 is 25.6 Å². The number of halogens is 2. The van der Waals surface area contributed by atoms with E-state index in [2.05, 4.69) is 10.3 Å². The summed E-state index contributed by atoms with van der Waals surface area (Å²) in [5.74, 6) is -0.386. The largest absolute Gasteiger partial charge is 0.461 e. The number of aromatic nitrogens is 1. The van der Waals surface area contributed by atoms with E-state index in [1.165, 1.54) is 0 Å². The number of pyridine rings is 1. The fourth-order valence-corrected chi connectivity index (χ4v) is 3.89. The summed E-state index contributed by atoms with van der Waals surface area (Å²) < 4.78 is 10.7. The summed E-state index contributed by atoms with van der Waals surface area (Å²) in [6.45, 7) is 4.81. The fraction of sp³-hybridized carbons (Fsp3) is 0.520. The van der Waals surface area contributed by atoms with Gasteiger partial charge in [0.2, 0.25) is 0 Å². The van der Waals surface area contributed by atoms with E-state index in [9.17, 15) is 9.90 Å². The van der Waals surface area contributed by atoms with Gasteiger partial charge in [-0.25, -0.2) is 9.78 Å². The van der Waals surface area contributed by atoms with Crippen LogP contribution in [-0.2, 0) is 15.9 Å². The zero-order valence-corrected chi connectivity index (χ0v) is 21.2.